The van der Waals surface area contributed by atoms with E-state index < -0.39 is 35.2 Å². The standard InChI is InChI=1S/C9H14O4.C8H6O4/c1-9(8(12)13)5-3-2-4-6(9)7(10)11;9-7(10)5-3-1-2-4-6(5)8(11)12/h6H,2-5H2,1H3,(H,10,11)(H,12,13);1-4H,(H,9,10)(H,11,12). The van der Waals surface area contributed by atoms with Crippen molar-refractivity contribution in [3.8, 4) is 0 Å². The van der Waals surface area contributed by atoms with Gasteiger partial charge in [0.05, 0.1) is 22.5 Å². The highest BCUT2D eigenvalue weighted by Crippen LogP contribution is 2.41. The maximum atomic E-state index is 10.9. The third kappa shape index (κ3) is 4.79. The molecule has 0 heterocycles. The van der Waals surface area contributed by atoms with Crippen LogP contribution in [0, 0.1) is 11.3 Å². The van der Waals surface area contributed by atoms with Crippen LogP contribution in [0.1, 0.15) is 53.3 Å². The van der Waals surface area contributed by atoms with Crippen molar-refractivity contribution in [2.75, 3.05) is 0 Å². The SMILES string of the molecule is CC1(C(=O)O)CCCCC1C(=O)O.O=C(O)c1ccccc1C(=O)O. The molecule has 0 radical (unpaired) electrons. The Morgan fingerprint density at radius 2 is 1.40 bits per heavy atom. The van der Waals surface area contributed by atoms with Gasteiger partial charge in [0.15, 0.2) is 0 Å². The first-order valence-electron chi connectivity index (χ1n) is 7.63. The van der Waals surface area contributed by atoms with Gasteiger partial charge < -0.3 is 20.4 Å². The fraction of sp³-hybridized carbons (Fsp3) is 0.412. The summed E-state index contributed by atoms with van der Waals surface area (Å²) < 4.78 is 0. The summed E-state index contributed by atoms with van der Waals surface area (Å²) in [7, 11) is 0. The van der Waals surface area contributed by atoms with Crippen molar-refractivity contribution >= 4 is 23.9 Å². The Balaban J connectivity index is 0.000000251. The number of carboxylic acids is 4. The van der Waals surface area contributed by atoms with Gasteiger partial charge in [-0.1, -0.05) is 25.0 Å². The van der Waals surface area contributed by atoms with Gasteiger partial charge in [0.1, 0.15) is 0 Å². The van der Waals surface area contributed by atoms with Crippen LogP contribution >= 0.6 is 0 Å². The summed E-state index contributed by atoms with van der Waals surface area (Å²) in [5.41, 5.74) is -1.45. The van der Waals surface area contributed by atoms with Gasteiger partial charge in [0, 0.05) is 0 Å². The minimum absolute atomic E-state index is 0.190. The minimum Gasteiger partial charge on any atom is -0.481 e. The molecule has 1 fully saturated rings. The summed E-state index contributed by atoms with van der Waals surface area (Å²) >= 11 is 0. The molecular weight excluding hydrogens is 332 g/mol. The van der Waals surface area contributed by atoms with Crippen LogP contribution in [-0.2, 0) is 9.59 Å². The van der Waals surface area contributed by atoms with Crippen molar-refractivity contribution in [3.05, 3.63) is 35.4 Å². The number of carbonyl (C=O) groups is 4. The molecule has 8 heteroatoms. The Bertz CT molecular complexity index is 648. The first kappa shape index (κ1) is 20.1. The van der Waals surface area contributed by atoms with E-state index in [0.717, 1.165) is 12.8 Å². The lowest BCUT2D eigenvalue weighted by Crippen LogP contribution is -2.42. The van der Waals surface area contributed by atoms with Crippen LogP contribution in [0.15, 0.2) is 24.3 Å². The van der Waals surface area contributed by atoms with Crippen molar-refractivity contribution in [2.24, 2.45) is 11.3 Å². The van der Waals surface area contributed by atoms with Crippen molar-refractivity contribution < 1.29 is 39.6 Å². The lowest BCUT2D eigenvalue weighted by Gasteiger charge is -2.34. The van der Waals surface area contributed by atoms with Crippen LogP contribution < -0.4 is 0 Å². The zero-order valence-electron chi connectivity index (χ0n) is 13.6. The number of rotatable bonds is 4. The molecule has 1 aliphatic rings. The van der Waals surface area contributed by atoms with Crippen LogP contribution in [0.4, 0.5) is 0 Å². The normalized spacial score (nSPS) is 22.2. The molecule has 0 saturated heterocycles. The van der Waals surface area contributed by atoms with Gasteiger partial charge in [0.2, 0.25) is 0 Å². The van der Waals surface area contributed by atoms with Crippen molar-refractivity contribution in [1.82, 2.24) is 0 Å². The molecule has 0 amide bonds. The number of carboxylic acid groups (broad SMARTS) is 4. The van der Waals surface area contributed by atoms with Gasteiger partial charge in [-0.3, -0.25) is 9.59 Å². The largest absolute Gasteiger partial charge is 0.481 e. The number of benzene rings is 1. The lowest BCUT2D eigenvalue weighted by atomic mass is 9.67. The van der Waals surface area contributed by atoms with Gasteiger partial charge in [-0.2, -0.15) is 0 Å². The van der Waals surface area contributed by atoms with Gasteiger partial charge >= 0.3 is 23.9 Å². The lowest BCUT2D eigenvalue weighted by molar-refractivity contribution is -0.164. The monoisotopic (exact) mass is 352 g/mol. The number of hydrogen-bond acceptors (Lipinski definition) is 4. The van der Waals surface area contributed by atoms with Gasteiger partial charge in [-0.15, -0.1) is 0 Å². The first-order valence-corrected chi connectivity index (χ1v) is 7.63. The molecule has 2 atom stereocenters. The van der Waals surface area contributed by atoms with E-state index in [-0.39, 0.29) is 11.1 Å². The second-order valence-electron chi connectivity index (χ2n) is 6.02. The van der Waals surface area contributed by atoms with E-state index in [1.54, 1.807) is 0 Å². The first-order chi connectivity index (χ1) is 11.6. The quantitative estimate of drug-likeness (QED) is 0.645. The van der Waals surface area contributed by atoms with Crippen LogP contribution in [0.3, 0.4) is 0 Å². The molecule has 1 saturated carbocycles. The Labute approximate surface area is 143 Å². The third-order valence-electron chi connectivity index (χ3n) is 4.38. The van der Waals surface area contributed by atoms with E-state index in [1.165, 1.54) is 31.2 Å². The molecular formula is C17H20O8. The van der Waals surface area contributed by atoms with Gasteiger partial charge in [-0.05, 0) is 31.9 Å². The van der Waals surface area contributed by atoms with Crippen LogP contribution in [0.2, 0.25) is 0 Å². The summed E-state index contributed by atoms with van der Waals surface area (Å²) in [5.74, 6) is -5.15. The van der Waals surface area contributed by atoms with Crippen molar-refractivity contribution in [2.45, 2.75) is 32.6 Å². The fourth-order valence-corrected chi connectivity index (χ4v) is 2.84. The number of aliphatic carboxylic acids is 2. The summed E-state index contributed by atoms with van der Waals surface area (Å²) in [4.78, 5) is 42.7. The second kappa shape index (κ2) is 8.27. The average molecular weight is 352 g/mol. The molecule has 1 aromatic carbocycles. The molecule has 8 nitrogen and oxygen atoms in total. The topological polar surface area (TPSA) is 149 Å². The zero-order valence-corrected chi connectivity index (χ0v) is 13.6. The molecule has 0 aromatic heterocycles. The highest BCUT2D eigenvalue weighted by Gasteiger charge is 2.46. The van der Waals surface area contributed by atoms with E-state index in [9.17, 15) is 19.2 Å². The van der Waals surface area contributed by atoms with E-state index in [2.05, 4.69) is 0 Å². The van der Waals surface area contributed by atoms with Crippen LogP contribution in [0.25, 0.3) is 0 Å². The van der Waals surface area contributed by atoms with Gasteiger partial charge in [-0.25, -0.2) is 9.59 Å². The fourth-order valence-electron chi connectivity index (χ4n) is 2.84. The molecule has 25 heavy (non-hydrogen) atoms. The Kier molecular flexibility index (Phi) is 6.67. The summed E-state index contributed by atoms with van der Waals surface area (Å²) in [5, 5.41) is 34.9. The average Bonchev–Trinajstić information content (AvgIpc) is 2.55. The molecule has 0 bridgehead atoms. The predicted octanol–water partition coefficient (Wildman–Crippen LogP) is 2.44. The smallest absolute Gasteiger partial charge is 0.336 e. The van der Waals surface area contributed by atoms with E-state index >= 15 is 0 Å². The highest BCUT2D eigenvalue weighted by molar-refractivity contribution is 6.01. The zero-order chi connectivity index (χ0) is 19.2. The van der Waals surface area contributed by atoms with Gasteiger partial charge in [0.25, 0.3) is 0 Å². The number of hydrogen-bond donors (Lipinski definition) is 4. The second-order valence-corrected chi connectivity index (χ2v) is 6.02. The summed E-state index contributed by atoms with van der Waals surface area (Å²) in [6.07, 6.45) is 2.59. The Morgan fingerprint density at radius 3 is 1.72 bits per heavy atom. The molecule has 0 aliphatic heterocycles. The van der Waals surface area contributed by atoms with E-state index in [1.807, 2.05) is 0 Å². The molecule has 0 spiro atoms. The molecule has 1 aromatic rings. The maximum absolute atomic E-state index is 10.9. The van der Waals surface area contributed by atoms with E-state index in [0.29, 0.717) is 12.8 Å². The molecule has 4 N–H and O–H groups in total. The van der Waals surface area contributed by atoms with Crippen LogP contribution in [0.5, 0.6) is 0 Å². The summed E-state index contributed by atoms with van der Waals surface area (Å²) in [6, 6.07) is 5.48. The number of aromatic carboxylic acids is 2. The minimum atomic E-state index is -1.23. The molecule has 2 rings (SSSR count). The van der Waals surface area contributed by atoms with Crippen molar-refractivity contribution in [3.63, 3.8) is 0 Å². The van der Waals surface area contributed by atoms with Crippen molar-refractivity contribution in [1.29, 1.82) is 0 Å². The molecule has 136 valence electrons. The molecule has 2 unspecified atom stereocenters. The molecule has 1 aliphatic carbocycles. The van der Waals surface area contributed by atoms with E-state index in [4.69, 9.17) is 20.4 Å². The third-order valence-corrected chi connectivity index (χ3v) is 4.38. The van der Waals surface area contributed by atoms with Crippen LogP contribution in [-0.4, -0.2) is 44.3 Å². The summed E-state index contributed by atoms with van der Waals surface area (Å²) in [6.45, 7) is 1.54. The maximum Gasteiger partial charge on any atom is 0.336 e. The highest BCUT2D eigenvalue weighted by atomic mass is 16.4. The Hall–Kier alpha value is -2.90. The Morgan fingerprint density at radius 1 is 0.920 bits per heavy atom. The predicted molar refractivity (Wildman–Crippen MR) is 85.7 cm³/mol.